The number of hydrogen-bond donors (Lipinski definition) is 1. The topological polar surface area (TPSA) is 71.9 Å². The van der Waals surface area contributed by atoms with Crippen LogP contribution in [0.25, 0.3) is 11.0 Å². The van der Waals surface area contributed by atoms with Crippen molar-refractivity contribution in [2.24, 2.45) is 7.05 Å². The van der Waals surface area contributed by atoms with Crippen molar-refractivity contribution in [2.75, 3.05) is 13.7 Å². The van der Waals surface area contributed by atoms with Gasteiger partial charge in [-0.15, -0.1) is 0 Å². The average molecular weight is 326 g/mol. The molecule has 1 N–H and O–H groups in total. The lowest BCUT2D eigenvalue weighted by Gasteiger charge is -2.22. The summed E-state index contributed by atoms with van der Waals surface area (Å²) in [7, 11) is 3.79. The smallest absolute Gasteiger partial charge is 0.167 e. The summed E-state index contributed by atoms with van der Waals surface area (Å²) >= 11 is 0. The van der Waals surface area contributed by atoms with Gasteiger partial charge in [0.15, 0.2) is 5.82 Å². The van der Waals surface area contributed by atoms with Crippen LogP contribution in [0.15, 0.2) is 24.5 Å². The zero-order valence-corrected chi connectivity index (χ0v) is 14.2. The Bertz CT molecular complexity index is 854. The second-order valence-corrected chi connectivity index (χ2v) is 6.50. The quantitative estimate of drug-likeness (QED) is 0.793. The molecule has 7 heteroatoms. The maximum Gasteiger partial charge on any atom is 0.167 e. The van der Waals surface area contributed by atoms with Crippen LogP contribution in [0, 0.1) is 6.92 Å². The van der Waals surface area contributed by atoms with Gasteiger partial charge in [0.25, 0.3) is 0 Å². The number of benzene rings is 1. The van der Waals surface area contributed by atoms with Gasteiger partial charge in [-0.1, -0.05) is 6.07 Å². The van der Waals surface area contributed by atoms with E-state index >= 15 is 0 Å². The molecule has 1 saturated heterocycles. The van der Waals surface area contributed by atoms with E-state index in [4.69, 9.17) is 4.74 Å². The fourth-order valence-corrected chi connectivity index (χ4v) is 3.50. The Morgan fingerprint density at radius 2 is 2.25 bits per heavy atom. The molecule has 24 heavy (non-hydrogen) atoms. The van der Waals surface area contributed by atoms with Crippen molar-refractivity contribution < 1.29 is 4.74 Å². The van der Waals surface area contributed by atoms with Gasteiger partial charge in [0.1, 0.15) is 5.82 Å². The second kappa shape index (κ2) is 5.99. The molecule has 3 heterocycles. The molecular weight excluding hydrogens is 304 g/mol. The van der Waals surface area contributed by atoms with Crippen molar-refractivity contribution in [3.05, 3.63) is 41.7 Å². The van der Waals surface area contributed by atoms with Crippen LogP contribution in [0.1, 0.15) is 29.7 Å². The lowest BCUT2D eigenvalue weighted by Crippen LogP contribution is -2.25. The summed E-state index contributed by atoms with van der Waals surface area (Å²) in [5, 5.41) is 7.31. The van der Waals surface area contributed by atoms with Gasteiger partial charge in [-0.2, -0.15) is 5.10 Å². The third-order valence-electron chi connectivity index (χ3n) is 4.79. The minimum Gasteiger partial charge on any atom is -0.380 e. The zero-order chi connectivity index (χ0) is 16.7. The minimum atomic E-state index is 0.180. The molecule has 2 atom stereocenters. The lowest BCUT2D eigenvalue weighted by atomic mass is 10.1. The summed E-state index contributed by atoms with van der Waals surface area (Å²) in [5.41, 5.74) is 3.43. The molecule has 0 unspecified atom stereocenters. The van der Waals surface area contributed by atoms with Crippen LogP contribution in [-0.4, -0.2) is 49.4 Å². The van der Waals surface area contributed by atoms with Gasteiger partial charge >= 0.3 is 0 Å². The van der Waals surface area contributed by atoms with E-state index in [0.29, 0.717) is 0 Å². The number of rotatable bonds is 4. The van der Waals surface area contributed by atoms with Crippen molar-refractivity contribution >= 4 is 11.0 Å². The Kier molecular flexibility index (Phi) is 3.82. The monoisotopic (exact) mass is 326 g/mol. The number of H-pyrrole nitrogens is 1. The van der Waals surface area contributed by atoms with Crippen LogP contribution in [0.4, 0.5) is 0 Å². The zero-order valence-electron chi connectivity index (χ0n) is 14.2. The molecule has 0 radical (unpaired) electrons. The number of nitrogens with one attached hydrogen (secondary N) is 1. The average Bonchev–Trinajstić information content (AvgIpc) is 3.27. The molecular formula is C17H22N6O. The molecule has 1 fully saturated rings. The SMILES string of the molecule is CO[C@@H]1C[C@@H](c2n[nH]c(C)n2)N(Cc2ccc3c(c2)ncn3C)C1. The Labute approximate surface area is 140 Å². The number of hydrogen-bond acceptors (Lipinski definition) is 5. The first-order valence-corrected chi connectivity index (χ1v) is 8.19. The molecule has 0 aliphatic carbocycles. The van der Waals surface area contributed by atoms with Crippen LogP contribution in [0.5, 0.6) is 0 Å². The lowest BCUT2D eigenvalue weighted by molar-refractivity contribution is 0.107. The number of aryl methyl sites for hydroxylation is 2. The highest BCUT2D eigenvalue weighted by Crippen LogP contribution is 2.33. The molecule has 1 aromatic carbocycles. The maximum atomic E-state index is 5.59. The Hall–Kier alpha value is -2.25. The highest BCUT2D eigenvalue weighted by atomic mass is 16.5. The van der Waals surface area contributed by atoms with E-state index < -0.39 is 0 Å². The molecule has 0 saturated carbocycles. The number of fused-ring (bicyclic) bond motifs is 1. The first kappa shape index (κ1) is 15.3. The number of likely N-dealkylation sites (tertiary alicyclic amines) is 1. The first-order valence-electron chi connectivity index (χ1n) is 8.19. The molecule has 4 rings (SSSR count). The van der Waals surface area contributed by atoms with Gasteiger partial charge in [-0.25, -0.2) is 9.97 Å². The number of aromatic nitrogens is 5. The van der Waals surface area contributed by atoms with Gasteiger partial charge in [0.05, 0.1) is 29.5 Å². The van der Waals surface area contributed by atoms with Gasteiger partial charge in [-0.05, 0) is 31.0 Å². The van der Waals surface area contributed by atoms with Crippen LogP contribution in [0.2, 0.25) is 0 Å². The fraction of sp³-hybridized carbons (Fsp3) is 0.471. The van der Waals surface area contributed by atoms with Crippen LogP contribution >= 0.6 is 0 Å². The number of ether oxygens (including phenoxy) is 1. The molecule has 0 bridgehead atoms. The Morgan fingerprint density at radius 3 is 3.00 bits per heavy atom. The summed E-state index contributed by atoms with van der Waals surface area (Å²) in [6.45, 7) is 3.65. The van der Waals surface area contributed by atoms with E-state index in [0.717, 1.165) is 42.2 Å². The van der Waals surface area contributed by atoms with Crippen LogP contribution < -0.4 is 0 Å². The van der Waals surface area contributed by atoms with Crippen molar-refractivity contribution in [3.8, 4) is 0 Å². The summed E-state index contributed by atoms with van der Waals surface area (Å²) in [5.74, 6) is 1.70. The second-order valence-electron chi connectivity index (χ2n) is 6.50. The third-order valence-corrected chi connectivity index (χ3v) is 4.79. The van der Waals surface area contributed by atoms with Gasteiger partial charge in [-0.3, -0.25) is 10.00 Å². The molecule has 7 nitrogen and oxygen atoms in total. The van der Waals surface area contributed by atoms with Crippen LogP contribution in [0.3, 0.4) is 0 Å². The summed E-state index contributed by atoms with van der Waals surface area (Å²) in [4.78, 5) is 11.4. The first-order chi connectivity index (χ1) is 11.6. The molecule has 0 amide bonds. The predicted octanol–water partition coefficient (Wildman–Crippen LogP) is 1.96. The number of methoxy groups -OCH3 is 1. The Morgan fingerprint density at radius 1 is 1.38 bits per heavy atom. The van der Waals surface area contributed by atoms with E-state index in [1.807, 2.05) is 24.9 Å². The van der Waals surface area contributed by atoms with Crippen LogP contribution in [-0.2, 0) is 18.3 Å². The van der Waals surface area contributed by atoms with Gasteiger partial charge < -0.3 is 9.30 Å². The Balaban J connectivity index is 1.60. The number of imidazole rings is 1. The standard InChI is InChI=1S/C17H22N6O/c1-11-19-17(21-20-11)16-7-13(24-3)9-23(16)8-12-4-5-15-14(6-12)18-10-22(15)2/h4-6,10,13,16H,7-9H2,1-3H3,(H,19,20,21)/t13-,16+/m1/s1. The summed E-state index contributed by atoms with van der Waals surface area (Å²) in [6, 6.07) is 6.65. The fourth-order valence-electron chi connectivity index (χ4n) is 3.50. The molecule has 1 aliphatic rings. The predicted molar refractivity (Wildman–Crippen MR) is 90.4 cm³/mol. The number of nitrogens with zero attached hydrogens (tertiary/aromatic N) is 5. The minimum absolute atomic E-state index is 0.180. The van der Waals surface area contributed by atoms with E-state index in [-0.39, 0.29) is 12.1 Å². The molecule has 0 spiro atoms. The molecule has 1 aliphatic heterocycles. The highest BCUT2D eigenvalue weighted by Gasteiger charge is 2.35. The van der Waals surface area contributed by atoms with Crippen molar-refractivity contribution in [1.82, 2.24) is 29.6 Å². The van der Waals surface area contributed by atoms with E-state index in [9.17, 15) is 0 Å². The van der Waals surface area contributed by atoms with Crippen molar-refractivity contribution in [1.29, 1.82) is 0 Å². The van der Waals surface area contributed by atoms with E-state index in [1.54, 1.807) is 7.11 Å². The third kappa shape index (κ3) is 2.70. The van der Waals surface area contributed by atoms with Crippen molar-refractivity contribution in [2.45, 2.75) is 32.0 Å². The van der Waals surface area contributed by atoms with E-state index in [2.05, 4.69) is 43.3 Å². The van der Waals surface area contributed by atoms with Crippen molar-refractivity contribution in [3.63, 3.8) is 0 Å². The molecule has 3 aromatic rings. The van der Waals surface area contributed by atoms with Gasteiger partial charge in [0.2, 0.25) is 0 Å². The highest BCUT2D eigenvalue weighted by molar-refractivity contribution is 5.75. The largest absolute Gasteiger partial charge is 0.380 e. The summed E-state index contributed by atoms with van der Waals surface area (Å²) in [6.07, 6.45) is 2.98. The molecule has 126 valence electrons. The summed E-state index contributed by atoms with van der Waals surface area (Å²) < 4.78 is 7.62. The van der Waals surface area contributed by atoms with E-state index in [1.165, 1.54) is 5.56 Å². The normalized spacial score (nSPS) is 21.8. The molecule has 2 aromatic heterocycles. The number of aromatic amines is 1. The van der Waals surface area contributed by atoms with Gasteiger partial charge in [0, 0.05) is 27.2 Å². The maximum absolute atomic E-state index is 5.59.